The first-order valence-electron chi connectivity index (χ1n) is 9.54. The van der Waals surface area contributed by atoms with Crippen molar-refractivity contribution in [3.05, 3.63) is 39.9 Å². The van der Waals surface area contributed by atoms with Gasteiger partial charge in [-0.05, 0) is 38.7 Å². The van der Waals surface area contributed by atoms with Crippen LogP contribution in [0.3, 0.4) is 0 Å². The van der Waals surface area contributed by atoms with E-state index in [0.29, 0.717) is 5.56 Å². The predicted molar refractivity (Wildman–Crippen MR) is 109 cm³/mol. The van der Waals surface area contributed by atoms with E-state index < -0.39 is 40.6 Å². The summed E-state index contributed by atoms with van der Waals surface area (Å²) in [4.78, 5) is 46.6. The molecule has 10 heteroatoms. The smallest absolute Gasteiger partial charge is 0.408 e. The van der Waals surface area contributed by atoms with Gasteiger partial charge in [-0.25, -0.2) is 9.59 Å². The van der Waals surface area contributed by atoms with Crippen molar-refractivity contribution in [2.75, 3.05) is 0 Å². The van der Waals surface area contributed by atoms with Gasteiger partial charge in [0.15, 0.2) is 0 Å². The Hall–Kier alpha value is -3.17. The fraction of sp³-hybridized carbons (Fsp3) is 0.550. The number of non-ortho nitro benzene ring substituents is 1. The first-order chi connectivity index (χ1) is 13.8. The molecule has 0 unspecified atom stereocenters. The molecule has 10 nitrogen and oxygen atoms in total. The minimum Gasteiger partial charge on any atom is -0.480 e. The summed E-state index contributed by atoms with van der Waals surface area (Å²) < 4.78 is 5.18. The number of carboxylic acid groups (broad SMARTS) is 1. The average Bonchev–Trinajstić information content (AvgIpc) is 2.58. The van der Waals surface area contributed by atoms with Crippen LogP contribution in [0.25, 0.3) is 0 Å². The lowest BCUT2D eigenvalue weighted by Gasteiger charge is -2.25. The standard InChI is InChI=1S/C20H29N3O7/c1-12(2)10-15(22-19(27)30-20(3,4)5)17(24)21-16(18(25)26)11-13-6-8-14(9-7-13)23(28)29/h6-9,12,15-16H,10-11H2,1-5H3,(H,21,24)(H,22,27)(H,25,26)/t15-,16+/m1/s1. The summed E-state index contributed by atoms with van der Waals surface area (Å²) in [5.41, 5.74) is -0.357. The van der Waals surface area contributed by atoms with E-state index in [1.807, 2.05) is 13.8 Å². The van der Waals surface area contributed by atoms with Crippen LogP contribution in [0.15, 0.2) is 24.3 Å². The number of aliphatic carboxylic acids is 1. The topological polar surface area (TPSA) is 148 Å². The molecule has 0 saturated carbocycles. The normalized spacial score (nSPS) is 13.3. The number of carbonyl (C=O) groups excluding carboxylic acids is 2. The molecular formula is C20H29N3O7. The molecule has 0 radical (unpaired) electrons. The van der Waals surface area contributed by atoms with E-state index in [0.717, 1.165) is 0 Å². The maximum atomic E-state index is 12.7. The molecule has 0 bridgehead atoms. The Labute approximate surface area is 175 Å². The van der Waals surface area contributed by atoms with Gasteiger partial charge in [0.1, 0.15) is 17.7 Å². The lowest BCUT2D eigenvalue weighted by atomic mass is 10.0. The van der Waals surface area contributed by atoms with Gasteiger partial charge in [0.05, 0.1) is 4.92 Å². The third kappa shape index (κ3) is 8.89. The fourth-order valence-electron chi connectivity index (χ4n) is 2.61. The minimum absolute atomic E-state index is 0.0497. The summed E-state index contributed by atoms with van der Waals surface area (Å²) in [7, 11) is 0. The predicted octanol–water partition coefficient (Wildman–Crippen LogP) is 2.65. The maximum absolute atomic E-state index is 12.7. The number of nitrogens with zero attached hydrogens (tertiary/aromatic N) is 1. The zero-order valence-electron chi connectivity index (χ0n) is 17.8. The van der Waals surface area contributed by atoms with Crippen molar-refractivity contribution in [2.45, 2.75) is 65.1 Å². The molecule has 1 aromatic carbocycles. The van der Waals surface area contributed by atoms with Gasteiger partial charge in [0.25, 0.3) is 5.69 Å². The van der Waals surface area contributed by atoms with Gasteiger partial charge < -0.3 is 20.5 Å². The van der Waals surface area contributed by atoms with Crippen LogP contribution in [0.1, 0.15) is 46.6 Å². The van der Waals surface area contributed by atoms with Crippen LogP contribution in [-0.4, -0.2) is 45.7 Å². The molecule has 30 heavy (non-hydrogen) atoms. The molecule has 0 heterocycles. The summed E-state index contributed by atoms with van der Waals surface area (Å²) in [5, 5.41) is 25.2. The van der Waals surface area contributed by atoms with Crippen molar-refractivity contribution in [3.8, 4) is 0 Å². The van der Waals surface area contributed by atoms with Gasteiger partial charge in [-0.1, -0.05) is 26.0 Å². The van der Waals surface area contributed by atoms with Crippen molar-refractivity contribution < 1.29 is 29.2 Å². The lowest BCUT2D eigenvalue weighted by molar-refractivity contribution is -0.384. The third-order valence-electron chi connectivity index (χ3n) is 3.92. The molecule has 2 atom stereocenters. The summed E-state index contributed by atoms with van der Waals surface area (Å²) >= 11 is 0. The van der Waals surface area contributed by atoms with Crippen LogP contribution in [-0.2, 0) is 20.7 Å². The van der Waals surface area contributed by atoms with Gasteiger partial charge in [0.2, 0.25) is 5.91 Å². The molecule has 1 aromatic rings. The monoisotopic (exact) mass is 423 g/mol. The Kier molecular flexibility index (Phi) is 8.75. The Morgan fingerprint density at radius 2 is 1.67 bits per heavy atom. The number of nitro benzene ring substituents is 1. The van der Waals surface area contributed by atoms with Crippen molar-refractivity contribution in [2.24, 2.45) is 5.92 Å². The molecule has 2 amide bonds. The summed E-state index contributed by atoms with van der Waals surface area (Å²) in [6.07, 6.45) is -0.556. The molecule has 166 valence electrons. The van der Waals surface area contributed by atoms with Crippen LogP contribution in [0.2, 0.25) is 0 Å². The number of hydrogen-bond acceptors (Lipinski definition) is 6. The molecule has 0 aromatic heterocycles. The molecule has 0 fully saturated rings. The zero-order valence-corrected chi connectivity index (χ0v) is 17.8. The van der Waals surface area contributed by atoms with Crippen LogP contribution in [0.5, 0.6) is 0 Å². The second-order valence-corrected chi connectivity index (χ2v) is 8.36. The van der Waals surface area contributed by atoms with Gasteiger partial charge in [-0.15, -0.1) is 0 Å². The van der Waals surface area contributed by atoms with Gasteiger partial charge in [-0.2, -0.15) is 0 Å². The lowest BCUT2D eigenvalue weighted by Crippen LogP contribution is -2.53. The number of rotatable bonds is 9. The van der Waals surface area contributed by atoms with Gasteiger partial charge in [-0.3, -0.25) is 14.9 Å². The van der Waals surface area contributed by atoms with Gasteiger partial charge in [0, 0.05) is 18.6 Å². The quantitative estimate of drug-likeness (QED) is 0.408. The molecule has 0 aliphatic carbocycles. The molecule has 1 rings (SSSR count). The second-order valence-electron chi connectivity index (χ2n) is 8.36. The number of hydrogen-bond donors (Lipinski definition) is 3. The van der Waals surface area contributed by atoms with E-state index in [-0.39, 0.29) is 24.4 Å². The summed E-state index contributed by atoms with van der Waals surface area (Å²) in [6, 6.07) is 3.16. The Bertz CT molecular complexity index is 770. The molecule has 0 spiro atoms. The second kappa shape index (κ2) is 10.6. The number of amides is 2. The zero-order chi connectivity index (χ0) is 23.1. The number of carboxylic acids is 1. The summed E-state index contributed by atoms with van der Waals surface area (Å²) in [5.74, 6) is -1.86. The van der Waals surface area contributed by atoms with Crippen molar-refractivity contribution in [1.82, 2.24) is 10.6 Å². The SMILES string of the molecule is CC(C)C[C@@H](NC(=O)OC(C)(C)C)C(=O)N[C@@H](Cc1ccc([N+](=O)[O-])cc1)C(=O)O. The largest absolute Gasteiger partial charge is 0.480 e. The average molecular weight is 423 g/mol. The molecule has 0 aliphatic rings. The maximum Gasteiger partial charge on any atom is 0.408 e. The van der Waals surface area contributed by atoms with Crippen LogP contribution in [0, 0.1) is 16.0 Å². The first kappa shape index (κ1) is 24.9. The third-order valence-corrected chi connectivity index (χ3v) is 3.92. The molecular weight excluding hydrogens is 394 g/mol. The molecule has 0 saturated heterocycles. The summed E-state index contributed by atoms with van der Waals surface area (Å²) in [6.45, 7) is 8.80. The number of nitro groups is 1. The minimum atomic E-state index is -1.27. The van der Waals surface area contributed by atoms with E-state index in [1.165, 1.54) is 24.3 Å². The Morgan fingerprint density at radius 1 is 1.10 bits per heavy atom. The van der Waals surface area contributed by atoms with E-state index in [2.05, 4.69) is 10.6 Å². The number of nitrogens with one attached hydrogen (secondary N) is 2. The highest BCUT2D eigenvalue weighted by Crippen LogP contribution is 2.14. The van der Waals surface area contributed by atoms with E-state index in [4.69, 9.17) is 4.74 Å². The highest BCUT2D eigenvalue weighted by Gasteiger charge is 2.29. The number of carbonyl (C=O) groups is 3. The van der Waals surface area contributed by atoms with Crippen molar-refractivity contribution in [1.29, 1.82) is 0 Å². The van der Waals surface area contributed by atoms with E-state index in [1.54, 1.807) is 20.8 Å². The molecule has 3 N–H and O–H groups in total. The first-order valence-corrected chi connectivity index (χ1v) is 9.54. The highest BCUT2D eigenvalue weighted by atomic mass is 16.6. The van der Waals surface area contributed by atoms with Crippen LogP contribution in [0.4, 0.5) is 10.5 Å². The van der Waals surface area contributed by atoms with Gasteiger partial charge >= 0.3 is 12.1 Å². The van der Waals surface area contributed by atoms with E-state index in [9.17, 15) is 29.6 Å². The van der Waals surface area contributed by atoms with Crippen molar-refractivity contribution in [3.63, 3.8) is 0 Å². The van der Waals surface area contributed by atoms with Crippen molar-refractivity contribution >= 4 is 23.7 Å². The molecule has 0 aliphatic heterocycles. The Morgan fingerprint density at radius 3 is 2.10 bits per heavy atom. The fourth-order valence-corrected chi connectivity index (χ4v) is 2.61. The number of benzene rings is 1. The highest BCUT2D eigenvalue weighted by molar-refractivity contribution is 5.89. The van der Waals surface area contributed by atoms with E-state index >= 15 is 0 Å². The van der Waals surface area contributed by atoms with Crippen LogP contribution >= 0.6 is 0 Å². The number of ether oxygens (including phenoxy) is 1. The Balaban J connectivity index is 2.89. The number of alkyl carbamates (subject to hydrolysis) is 1. The van der Waals surface area contributed by atoms with Crippen LogP contribution < -0.4 is 10.6 Å².